The summed E-state index contributed by atoms with van der Waals surface area (Å²) >= 11 is 0. The summed E-state index contributed by atoms with van der Waals surface area (Å²) in [6, 6.07) is -0.171. The Morgan fingerprint density at radius 3 is 2.30 bits per heavy atom. The number of aromatic nitrogens is 3. The van der Waals surface area contributed by atoms with Crippen LogP contribution in [-0.2, 0) is 7.05 Å². The van der Waals surface area contributed by atoms with Crippen LogP contribution < -0.4 is 4.94 Å². The Balaban J connectivity index is 2.55. The third-order valence-corrected chi connectivity index (χ3v) is 3.77. The van der Waals surface area contributed by atoms with E-state index < -0.39 is 0 Å². The number of rotatable bonds is 11. The lowest BCUT2D eigenvalue weighted by atomic mass is 9.94. The Labute approximate surface area is 121 Å². The first-order valence-corrected chi connectivity index (χ1v) is 7.92. The zero-order valence-corrected chi connectivity index (χ0v) is 13.1. The van der Waals surface area contributed by atoms with Crippen molar-refractivity contribution in [3.8, 4) is 6.01 Å². The first kappa shape index (κ1) is 16.9. The summed E-state index contributed by atoms with van der Waals surface area (Å²) in [5.74, 6) is 1.21. The number of nitrogens with zero attached hydrogens (tertiary/aromatic N) is 3. The number of unbranched alkanes of at least 4 members (excludes halogenated alkanes) is 5. The third kappa shape index (κ3) is 5.47. The molecule has 0 radical (unpaired) electrons. The fraction of sp³-hybridized carbons (Fsp3) is 0.867. The van der Waals surface area contributed by atoms with Crippen molar-refractivity contribution in [3.63, 3.8) is 0 Å². The van der Waals surface area contributed by atoms with Crippen molar-refractivity contribution in [2.45, 2.75) is 77.6 Å². The molecule has 0 saturated heterocycles. The van der Waals surface area contributed by atoms with E-state index in [1.807, 2.05) is 0 Å². The van der Waals surface area contributed by atoms with Crippen molar-refractivity contribution < 1.29 is 9.47 Å². The predicted octanol–water partition coefficient (Wildman–Crippen LogP) is 4.71. The Kier molecular flexibility index (Phi) is 8.23. The summed E-state index contributed by atoms with van der Waals surface area (Å²) in [7, 11) is 1.81. The van der Waals surface area contributed by atoms with Crippen molar-refractivity contribution in [2.24, 2.45) is 7.05 Å². The maximum absolute atomic E-state index is 12.2. The molecule has 0 amide bonds. The van der Waals surface area contributed by atoms with E-state index >= 15 is 0 Å². The van der Waals surface area contributed by atoms with E-state index in [1.54, 1.807) is 11.7 Å². The molecule has 20 heavy (non-hydrogen) atoms. The molecule has 0 aliphatic carbocycles. The number of aryl methyl sites for hydroxylation is 1. The lowest BCUT2D eigenvalue weighted by Gasteiger charge is -2.15. The van der Waals surface area contributed by atoms with Crippen LogP contribution in [0.1, 0.15) is 83.4 Å². The first-order chi connectivity index (χ1) is 9.72. The van der Waals surface area contributed by atoms with Gasteiger partial charge in [-0.25, -0.2) is 9.62 Å². The Bertz CT molecular complexity index is 368. The zero-order chi connectivity index (χ0) is 14.8. The van der Waals surface area contributed by atoms with Gasteiger partial charge in [-0.2, -0.15) is 4.98 Å². The number of halogens is 1. The summed E-state index contributed by atoms with van der Waals surface area (Å²) in [6.07, 6.45) is 10.9. The molecule has 1 rings (SSSR count). The molecule has 0 fully saturated rings. The molecule has 0 aliphatic heterocycles. The van der Waals surface area contributed by atoms with Gasteiger partial charge >= 0.3 is 6.01 Å². The molecular weight excluding hydrogens is 257 g/mol. The summed E-state index contributed by atoms with van der Waals surface area (Å²) in [5.41, 5.74) is 0. The van der Waals surface area contributed by atoms with E-state index in [9.17, 15) is 4.53 Å². The molecule has 0 aromatic carbocycles. The highest BCUT2D eigenvalue weighted by Gasteiger charge is 2.19. The maximum Gasteiger partial charge on any atom is 0.378 e. The molecule has 0 spiro atoms. The van der Waals surface area contributed by atoms with Crippen LogP contribution in [0, 0.1) is 0 Å². The minimum atomic E-state index is -0.171. The van der Waals surface area contributed by atoms with Gasteiger partial charge in [-0.05, 0) is 12.8 Å². The summed E-state index contributed by atoms with van der Waals surface area (Å²) in [6.45, 7) is 4.41. The monoisotopic (exact) mass is 285 g/mol. The predicted molar refractivity (Wildman–Crippen MR) is 78.4 cm³/mol. The number of hydrogen-bond acceptors (Lipinski definition) is 3. The van der Waals surface area contributed by atoms with Crippen molar-refractivity contribution >= 4 is 0 Å². The van der Waals surface area contributed by atoms with Crippen LogP contribution >= 0.6 is 0 Å². The summed E-state index contributed by atoms with van der Waals surface area (Å²) in [4.78, 5) is 7.80. The second-order valence-electron chi connectivity index (χ2n) is 5.50. The average molecular weight is 285 g/mol. The SMILES string of the molecule is CCCCCCCC(CCCC)c1nc(OF)nn1C. The fourth-order valence-corrected chi connectivity index (χ4v) is 2.61. The highest BCUT2D eigenvalue weighted by molar-refractivity contribution is 5.02. The molecule has 1 atom stereocenters. The van der Waals surface area contributed by atoms with E-state index in [0.717, 1.165) is 31.5 Å². The Hall–Kier alpha value is -1.13. The average Bonchev–Trinajstić information content (AvgIpc) is 2.83. The molecule has 4 nitrogen and oxygen atoms in total. The minimum absolute atomic E-state index is 0.171. The van der Waals surface area contributed by atoms with Crippen LogP contribution in [0.25, 0.3) is 0 Å². The quantitative estimate of drug-likeness (QED) is 0.553. The highest BCUT2D eigenvalue weighted by atomic mass is 19.3. The third-order valence-electron chi connectivity index (χ3n) is 3.77. The molecule has 1 heterocycles. The van der Waals surface area contributed by atoms with Crippen LogP contribution in [0.3, 0.4) is 0 Å². The fourth-order valence-electron chi connectivity index (χ4n) is 2.61. The van der Waals surface area contributed by atoms with Crippen LogP contribution in [0.2, 0.25) is 0 Å². The Morgan fingerprint density at radius 2 is 1.70 bits per heavy atom. The molecule has 5 heteroatoms. The van der Waals surface area contributed by atoms with Gasteiger partial charge in [-0.1, -0.05) is 58.8 Å². The molecule has 0 N–H and O–H groups in total. The van der Waals surface area contributed by atoms with Crippen molar-refractivity contribution in [1.29, 1.82) is 0 Å². The normalized spacial score (nSPS) is 12.6. The van der Waals surface area contributed by atoms with E-state index in [0.29, 0.717) is 5.92 Å². The standard InChI is InChI=1S/C15H28FN3O/c1-4-6-8-9-10-12-13(11-7-5-2)14-17-15(20-16)18-19(14)3/h13H,4-12H2,1-3H3. The van der Waals surface area contributed by atoms with E-state index in [2.05, 4.69) is 28.9 Å². The molecular formula is C15H28FN3O. The van der Waals surface area contributed by atoms with Crippen LogP contribution in [-0.4, -0.2) is 14.8 Å². The molecule has 1 aromatic heterocycles. The topological polar surface area (TPSA) is 39.9 Å². The molecule has 1 aromatic rings. The minimum Gasteiger partial charge on any atom is -0.250 e. The van der Waals surface area contributed by atoms with E-state index in [4.69, 9.17) is 0 Å². The highest BCUT2D eigenvalue weighted by Crippen LogP contribution is 2.27. The second-order valence-corrected chi connectivity index (χ2v) is 5.50. The van der Waals surface area contributed by atoms with Gasteiger partial charge in [0.1, 0.15) is 5.82 Å². The molecule has 0 aliphatic rings. The smallest absolute Gasteiger partial charge is 0.250 e. The lowest BCUT2D eigenvalue weighted by Crippen LogP contribution is -2.08. The molecule has 1 unspecified atom stereocenters. The van der Waals surface area contributed by atoms with Gasteiger partial charge in [-0.15, -0.1) is 5.10 Å². The summed E-state index contributed by atoms with van der Waals surface area (Å²) < 4.78 is 13.8. The molecule has 0 bridgehead atoms. The molecule has 0 saturated carbocycles. The van der Waals surface area contributed by atoms with Gasteiger partial charge in [0.05, 0.1) is 0 Å². The van der Waals surface area contributed by atoms with Gasteiger partial charge in [0.25, 0.3) is 0 Å². The van der Waals surface area contributed by atoms with Gasteiger partial charge < -0.3 is 0 Å². The van der Waals surface area contributed by atoms with Gasteiger partial charge in [0.2, 0.25) is 0 Å². The van der Waals surface area contributed by atoms with Crippen molar-refractivity contribution in [1.82, 2.24) is 14.8 Å². The van der Waals surface area contributed by atoms with Crippen molar-refractivity contribution in [2.75, 3.05) is 0 Å². The second kappa shape index (κ2) is 9.72. The van der Waals surface area contributed by atoms with E-state index in [-0.39, 0.29) is 6.01 Å². The van der Waals surface area contributed by atoms with Crippen LogP contribution in [0.4, 0.5) is 4.53 Å². The van der Waals surface area contributed by atoms with Gasteiger partial charge in [0.15, 0.2) is 0 Å². The Morgan fingerprint density at radius 1 is 1.05 bits per heavy atom. The van der Waals surface area contributed by atoms with Crippen LogP contribution in [0.15, 0.2) is 0 Å². The van der Waals surface area contributed by atoms with Gasteiger partial charge in [0, 0.05) is 17.5 Å². The zero-order valence-electron chi connectivity index (χ0n) is 13.1. The van der Waals surface area contributed by atoms with Crippen LogP contribution in [0.5, 0.6) is 6.01 Å². The lowest BCUT2D eigenvalue weighted by molar-refractivity contribution is -0.0179. The largest absolute Gasteiger partial charge is 0.378 e. The maximum atomic E-state index is 12.2. The number of hydrogen-bond donors (Lipinski definition) is 0. The van der Waals surface area contributed by atoms with Gasteiger partial charge in [-0.3, -0.25) is 0 Å². The van der Waals surface area contributed by atoms with Crippen molar-refractivity contribution in [3.05, 3.63) is 5.82 Å². The first-order valence-electron chi connectivity index (χ1n) is 7.92. The summed E-state index contributed by atoms with van der Waals surface area (Å²) in [5, 5.41) is 3.92. The molecule has 116 valence electrons. The van der Waals surface area contributed by atoms with E-state index in [1.165, 1.54) is 32.1 Å².